The zero-order valence-electron chi connectivity index (χ0n) is 16.3. The summed E-state index contributed by atoms with van der Waals surface area (Å²) in [6.07, 6.45) is 0.503. The summed E-state index contributed by atoms with van der Waals surface area (Å²) in [5.74, 6) is -0.189. The molecule has 1 heterocycles. The van der Waals surface area contributed by atoms with Crippen LogP contribution in [0.3, 0.4) is 0 Å². The van der Waals surface area contributed by atoms with Crippen LogP contribution in [-0.4, -0.2) is 18.0 Å². The number of amides is 1. The number of thiophene rings is 1. The third-order valence-electron chi connectivity index (χ3n) is 4.18. The summed E-state index contributed by atoms with van der Waals surface area (Å²) in [6.45, 7) is 11.8. The Morgan fingerprint density at radius 3 is 2.23 bits per heavy atom. The summed E-state index contributed by atoms with van der Waals surface area (Å²) < 4.78 is 5.38. The molecule has 1 amide bonds. The molecule has 0 saturated carbocycles. The molecule has 0 radical (unpaired) electrons. The van der Waals surface area contributed by atoms with Crippen LogP contribution in [0.25, 0.3) is 0 Å². The zero-order valence-corrected chi connectivity index (χ0v) is 17.1. The van der Waals surface area contributed by atoms with Gasteiger partial charge >= 0.3 is 5.97 Å². The van der Waals surface area contributed by atoms with E-state index in [0.717, 1.165) is 10.4 Å². The van der Waals surface area contributed by atoms with Crippen molar-refractivity contribution in [1.29, 1.82) is 0 Å². The van der Waals surface area contributed by atoms with E-state index in [9.17, 15) is 9.59 Å². The minimum absolute atomic E-state index is 0.209. The highest BCUT2D eigenvalue weighted by Crippen LogP contribution is 2.34. The molecule has 1 aromatic heterocycles. The molecule has 1 N–H and O–H groups in total. The number of carbonyl (C=O) groups excluding carboxylic acids is 2. The Morgan fingerprint density at radius 2 is 1.73 bits per heavy atom. The quantitative estimate of drug-likeness (QED) is 0.674. The maximum Gasteiger partial charge on any atom is 0.341 e. The number of aryl methyl sites for hydroxylation is 1. The predicted molar refractivity (Wildman–Crippen MR) is 107 cm³/mol. The maximum atomic E-state index is 12.6. The number of hydrogen-bond donors (Lipinski definition) is 1. The van der Waals surface area contributed by atoms with Crippen LogP contribution in [0.4, 0.5) is 5.00 Å². The smallest absolute Gasteiger partial charge is 0.341 e. The van der Waals surface area contributed by atoms with Crippen LogP contribution < -0.4 is 5.32 Å². The fourth-order valence-corrected chi connectivity index (χ4v) is 3.90. The van der Waals surface area contributed by atoms with E-state index >= 15 is 0 Å². The summed E-state index contributed by atoms with van der Waals surface area (Å²) >= 11 is 1.42. The topological polar surface area (TPSA) is 55.4 Å². The number of carbonyl (C=O) groups is 2. The van der Waals surface area contributed by atoms with Crippen molar-refractivity contribution in [3.8, 4) is 0 Å². The van der Waals surface area contributed by atoms with E-state index in [-0.39, 0.29) is 18.0 Å². The molecule has 140 valence electrons. The standard InChI is InChI=1S/C21H27NO3S/c1-7-17-14(6)26-20(18(17)21(24)25-13(4)5)22-19(23)16-10-8-15(9-11-16)12(2)3/h8-13H,7H2,1-6H3,(H,22,23). The lowest BCUT2D eigenvalue weighted by Crippen LogP contribution is -2.17. The van der Waals surface area contributed by atoms with Gasteiger partial charge in [0, 0.05) is 10.4 Å². The van der Waals surface area contributed by atoms with E-state index in [1.54, 1.807) is 0 Å². The van der Waals surface area contributed by atoms with Gasteiger partial charge in [0.1, 0.15) is 5.00 Å². The lowest BCUT2D eigenvalue weighted by molar-refractivity contribution is 0.0378. The van der Waals surface area contributed by atoms with Gasteiger partial charge in [-0.25, -0.2) is 4.79 Å². The van der Waals surface area contributed by atoms with Gasteiger partial charge < -0.3 is 10.1 Å². The molecule has 0 aliphatic heterocycles. The number of nitrogens with one attached hydrogen (secondary N) is 1. The Morgan fingerprint density at radius 1 is 1.12 bits per heavy atom. The lowest BCUT2D eigenvalue weighted by atomic mass is 10.0. The van der Waals surface area contributed by atoms with Crippen LogP contribution in [0.15, 0.2) is 24.3 Å². The Labute approximate surface area is 159 Å². The lowest BCUT2D eigenvalue weighted by Gasteiger charge is -2.11. The fraction of sp³-hybridized carbons (Fsp3) is 0.429. The van der Waals surface area contributed by atoms with Crippen molar-refractivity contribution in [3.05, 3.63) is 51.4 Å². The molecule has 0 atom stereocenters. The molecular weight excluding hydrogens is 346 g/mol. The minimum Gasteiger partial charge on any atom is -0.459 e. The van der Waals surface area contributed by atoms with Crippen LogP contribution in [0.1, 0.15) is 77.3 Å². The number of esters is 1. The molecule has 26 heavy (non-hydrogen) atoms. The molecule has 0 fully saturated rings. The highest BCUT2D eigenvalue weighted by Gasteiger charge is 2.24. The Bertz CT molecular complexity index is 788. The van der Waals surface area contributed by atoms with Crippen molar-refractivity contribution in [3.63, 3.8) is 0 Å². The van der Waals surface area contributed by atoms with Gasteiger partial charge in [-0.15, -0.1) is 11.3 Å². The Hall–Kier alpha value is -2.14. The summed E-state index contributed by atoms with van der Waals surface area (Å²) in [7, 11) is 0. The molecule has 0 aliphatic rings. The van der Waals surface area contributed by atoms with Crippen molar-refractivity contribution in [2.75, 3.05) is 5.32 Å². The SMILES string of the molecule is CCc1c(C)sc(NC(=O)c2ccc(C(C)C)cc2)c1C(=O)OC(C)C. The van der Waals surface area contributed by atoms with Crippen LogP contribution >= 0.6 is 11.3 Å². The molecule has 0 saturated heterocycles. The zero-order chi connectivity index (χ0) is 19.4. The number of benzene rings is 1. The van der Waals surface area contributed by atoms with Gasteiger partial charge in [0.25, 0.3) is 5.91 Å². The fourth-order valence-electron chi connectivity index (χ4n) is 2.78. The predicted octanol–water partition coefficient (Wildman–Crippen LogP) is 5.56. The van der Waals surface area contributed by atoms with Crippen molar-refractivity contribution >= 4 is 28.2 Å². The highest BCUT2D eigenvalue weighted by molar-refractivity contribution is 7.16. The molecule has 0 aliphatic carbocycles. The van der Waals surface area contributed by atoms with Crippen LogP contribution in [0.5, 0.6) is 0 Å². The van der Waals surface area contributed by atoms with Crippen molar-refractivity contribution < 1.29 is 14.3 Å². The number of rotatable bonds is 6. The second-order valence-corrected chi connectivity index (χ2v) is 8.10. The van der Waals surface area contributed by atoms with Gasteiger partial charge in [-0.1, -0.05) is 32.9 Å². The molecule has 5 heteroatoms. The van der Waals surface area contributed by atoms with Crippen molar-refractivity contribution in [1.82, 2.24) is 0 Å². The third kappa shape index (κ3) is 4.52. The van der Waals surface area contributed by atoms with E-state index in [1.807, 2.05) is 52.0 Å². The molecule has 1 aromatic carbocycles. The highest BCUT2D eigenvalue weighted by atomic mass is 32.1. The van der Waals surface area contributed by atoms with E-state index < -0.39 is 0 Å². The van der Waals surface area contributed by atoms with Gasteiger partial charge in [0.2, 0.25) is 0 Å². The third-order valence-corrected chi connectivity index (χ3v) is 5.24. The minimum atomic E-state index is -0.383. The van der Waals surface area contributed by atoms with Gasteiger partial charge in [0.15, 0.2) is 0 Å². The van der Waals surface area contributed by atoms with Crippen LogP contribution in [0, 0.1) is 6.92 Å². The molecule has 2 aromatic rings. The van der Waals surface area contributed by atoms with Gasteiger partial charge in [0.05, 0.1) is 11.7 Å². The van der Waals surface area contributed by atoms with E-state index in [4.69, 9.17) is 4.74 Å². The number of hydrogen-bond acceptors (Lipinski definition) is 4. The average Bonchev–Trinajstić information content (AvgIpc) is 2.89. The van der Waals surface area contributed by atoms with Crippen LogP contribution in [0.2, 0.25) is 0 Å². The van der Waals surface area contributed by atoms with E-state index in [2.05, 4.69) is 19.2 Å². The summed E-state index contributed by atoms with van der Waals surface area (Å²) in [4.78, 5) is 26.2. The molecule has 0 bridgehead atoms. The monoisotopic (exact) mass is 373 g/mol. The van der Waals surface area contributed by atoms with Gasteiger partial charge in [-0.3, -0.25) is 4.79 Å². The first-order chi connectivity index (χ1) is 12.2. The number of ether oxygens (including phenoxy) is 1. The van der Waals surface area contributed by atoms with Gasteiger partial charge in [-0.05, 0) is 56.4 Å². The number of anilines is 1. The second-order valence-electron chi connectivity index (χ2n) is 6.88. The van der Waals surface area contributed by atoms with E-state index in [1.165, 1.54) is 16.9 Å². The van der Waals surface area contributed by atoms with Gasteiger partial charge in [-0.2, -0.15) is 0 Å². The average molecular weight is 374 g/mol. The summed E-state index contributed by atoms with van der Waals surface area (Å²) in [5.41, 5.74) is 3.17. The maximum absolute atomic E-state index is 12.6. The van der Waals surface area contributed by atoms with Crippen molar-refractivity contribution in [2.45, 2.75) is 60.0 Å². The largest absolute Gasteiger partial charge is 0.459 e. The Kier molecular flexibility index (Phi) is 6.59. The molecule has 0 spiro atoms. The van der Waals surface area contributed by atoms with E-state index in [0.29, 0.717) is 28.5 Å². The molecule has 4 nitrogen and oxygen atoms in total. The first kappa shape index (κ1) is 20.2. The molecule has 0 unspecified atom stereocenters. The Balaban J connectivity index is 2.30. The first-order valence-electron chi connectivity index (χ1n) is 8.99. The summed E-state index contributed by atoms with van der Waals surface area (Å²) in [6, 6.07) is 7.56. The van der Waals surface area contributed by atoms with Crippen LogP contribution in [-0.2, 0) is 11.2 Å². The van der Waals surface area contributed by atoms with Crippen molar-refractivity contribution in [2.24, 2.45) is 0 Å². The first-order valence-corrected chi connectivity index (χ1v) is 9.80. The second kappa shape index (κ2) is 8.49. The molecular formula is C21H27NO3S. The molecule has 2 rings (SSSR count). The summed E-state index contributed by atoms with van der Waals surface area (Å²) in [5, 5.41) is 3.46. The normalized spacial score (nSPS) is 11.1.